The number of nitrogens with zero attached hydrogens (tertiary/aromatic N) is 2. The largest absolute Gasteiger partial charge is 0.503 e. The second-order valence-electron chi connectivity index (χ2n) is 14.1. The Labute approximate surface area is 288 Å². The molecule has 0 aromatic rings. The monoisotopic (exact) mass is 758 g/mol. The molecule has 0 amide bonds. The van der Waals surface area contributed by atoms with Gasteiger partial charge in [-0.3, -0.25) is 9.80 Å². The van der Waals surface area contributed by atoms with Gasteiger partial charge in [-0.05, 0) is 118 Å². The molecule has 0 spiro atoms. The Hall–Kier alpha value is 1.16. The molecule has 0 saturated heterocycles. The van der Waals surface area contributed by atoms with Gasteiger partial charge in [0.15, 0.2) is 16.6 Å². The van der Waals surface area contributed by atoms with Crippen LogP contribution in [0.1, 0.15) is 55.4 Å². The molecule has 0 fully saturated rings. The van der Waals surface area contributed by atoms with Gasteiger partial charge >= 0.3 is 34.5 Å². The van der Waals surface area contributed by atoms with Crippen LogP contribution in [-0.4, -0.2) is 122 Å². The van der Waals surface area contributed by atoms with Crippen LogP contribution in [0, 0.1) is 0 Å². The molecular weight excluding hydrogens is 685 g/mol. The summed E-state index contributed by atoms with van der Waals surface area (Å²) in [6.45, 7) is 45.5. The van der Waals surface area contributed by atoms with Gasteiger partial charge in [-0.25, -0.2) is 0 Å². The summed E-state index contributed by atoms with van der Waals surface area (Å²) >= 11 is 0. The third-order valence-corrected chi connectivity index (χ3v) is 36.1. The van der Waals surface area contributed by atoms with Gasteiger partial charge in [0, 0.05) is 30.8 Å². The smallest absolute Gasteiger partial charge is 0.436 e. The second-order valence-corrected chi connectivity index (χ2v) is 38.8. The van der Waals surface area contributed by atoms with Gasteiger partial charge in [-0.2, -0.15) is 0 Å². The Bertz CT molecular complexity index is 789. The lowest BCUT2D eigenvalue weighted by Gasteiger charge is -2.45. The zero-order chi connectivity index (χ0) is 35.3. The van der Waals surface area contributed by atoms with Crippen molar-refractivity contribution < 1.29 is 29.7 Å². The molecule has 0 aliphatic rings. The average Bonchev–Trinajstić information content (AvgIpc) is 2.86. The van der Waals surface area contributed by atoms with E-state index in [0.717, 1.165) is 41.7 Å². The molecule has 0 saturated carbocycles. The first-order chi connectivity index (χ1) is 20.6. The van der Waals surface area contributed by atoms with Crippen LogP contribution in [0.25, 0.3) is 0 Å². The van der Waals surface area contributed by atoms with Gasteiger partial charge in [0.25, 0.3) is 0 Å². The minimum absolute atomic E-state index is 0.0515. The van der Waals surface area contributed by atoms with Crippen molar-refractivity contribution in [2.45, 2.75) is 144 Å². The van der Waals surface area contributed by atoms with E-state index in [2.05, 4.69) is 110 Å². The van der Waals surface area contributed by atoms with E-state index in [9.17, 15) is 0 Å². The van der Waals surface area contributed by atoms with E-state index < -0.39 is 51.1 Å². The van der Waals surface area contributed by atoms with Crippen molar-refractivity contribution in [1.29, 1.82) is 0 Å². The maximum Gasteiger partial charge on any atom is 0.503 e. The summed E-state index contributed by atoms with van der Waals surface area (Å²) in [4.78, 5) is 5.22. The van der Waals surface area contributed by atoms with Crippen LogP contribution in [0.15, 0.2) is 0 Å². The molecule has 0 bridgehead atoms. The van der Waals surface area contributed by atoms with Crippen LogP contribution in [0.3, 0.4) is 0 Å². The van der Waals surface area contributed by atoms with Gasteiger partial charge in [-0.1, -0.05) is 40.7 Å². The molecule has 1 unspecified atom stereocenters. The van der Waals surface area contributed by atoms with Crippen LogP contribution in [0.4, 0.5) is 0 Å². The Morgan fingerprint density at radius 2 is 0.889 bits per heavy atom. The standard InChI is InChI=1S/C29H74N2O7Si7/c1-19-30(20-2)29(31(21-3)22-4)39-26-27-40(9,10)35-42(13,14)37-44(17,18)38-43(15,16)36-41(11,12)28(8)45(32-23-5,33-24-6)34-25-7/h28-29H,19-27H2,1-18H3. The second kappa shape index (κ2) is 20.1. The highest BCUT2D eigenvalue weighted by Gasteiger charge is 2.57. The molecule has 0 rings (SSSR count). The fourth-order valence-electron chi connectivity index (χ4n) is 6.34. The Balaban J connectivity index is 5.57. The first-order valence-corrected chi connectivity index (χ1v) is 35.1. The topological polar surface area (TPSA) is 71.1 Å². The van der Waals surface area contributed by atoms with Gasteiger partial charge in [0.05, 0.1) is 9.52 Å². The minimum atomic E-state index is -2.93. The molecule has 0 aromatic heterocycles. The van der Waals surface area contributed by atoms with Crippen molar-refractivity contribution in [3.63, 3.8) is 0 Å². The van der Waals surface area contributed by atoms with Crippen molar-refractivity contribution in [3.05, 3.63) is 0 Å². The molecule has 45 heavy (non-hydrogen) atoms. The lowest BCUT2D eigenvalue weighted by atomic mass is 10.5. The molecular formula is C29H74N2O7Si7. The molecule has 16 heteroatoms. The van der Waals surface area contributed by atoms with E-state index in [4.69, 9.17) is 29.7 Å². The van der Waals surface area contributed by atoms with Crippen LogP contribution in [0.2, 0.25) is 82.7 Å². The van der Waals surface area contributed by atoms with Crippen LogP contribution in [0.5, 0.6) is 0 Å². The molecule has 0 aliphatic carbocycles. The Morgan fingerprint density at radius 3 is 1.24 bits per heavy atom. The maximum atomic E-state index is 7.02. The van der Waals surface area contributed by atoms with Crippen molar-refractivity contribution in [3.8, 4) is 0 Å². The predicted molar refractivity (Wildman–Crippen MR) is 207 cm³/mol. The number of hydrogen-bond donors (Lipinski definition) is 0. The highest BCUT2D eigenvalue weighted by Crippen LogP contribution is 2.37. The normalized spacial score (nSPS) is 15.1. The summed E-state index contributed by atoms with van der Waals surface area (Å²) in [6.07, 6.45) is 0. The van der Waals surface area contributed by atoms with Gasteiger partial charge in [-0.15, -0.1) is 0 Å². The average molecular weight is 760 g/mol. The summed E-state index contributed by atoms with van der Waals surface area (Å²) in [5.74, 6) is 0.521. The van der Waals surface area contributed by atoms with Crippen molar-refractivity contribution in [2.75, 3.05) is 46.0 Å². The Morgan fingerprint density at radius 1 is 0.533 bits per heavy atom. The van der Waals surface area contributed by atoms with Gasteiger partial charge in [0.1, 0.15) is 0 Å². The third kappa shape index (κ3) is 16.2. The minimum Gasteiger partial charge on any atom is -0.436 e. The summed E-state index contributed by atoms with van der Waals surface area (Å²) in [6, 6.07) is 2.33. The fraction of sp³-hybridized carbons (Fsp3) is 1.00. The zero-order valence-electron chi connectivity index (χ0n) is 32.8. The predicted octanol–water partition coefficient (Wildman–Crippen LogP) is 7.64. The Kier molecular flexibility index (Phi) is 20.6. The van der Waals surface area contributed by atoms with Crippen LogP contribution < -0.4 is 0 Å². The SMILES string of the molecule is CCO[Si](OCC)(OCC)C(C)[Si](C)(C)O[Si](C)(C)O[Si](C)(C)O[Si](C)(C)O[Si](C)(C)CC[Si]C(N(CC)CC)N(CC)CC. The summed E-state index contributed by atoms with van der Waals surface area (Å²) in [5, 5.41) is 0.0515. The summed E-state index contributed by atoms with van der Waals surface area (Å²) in [5.41, 5.74) is 0. The highest BCUT2D eigenvalue weighted by atomic mass is 28.5. The van der Waals surface area contributed by atoms with Gasteiger partial charge in [0.2, 0.25) is 0 Å². The number of rotatable bonds is 26. The van der Waals surface area contributed by atoms with E-state index >= 15 is 0 Å². The molecule has 0 aliphatic heterocycles. The van der Waals surface area contributed by atoms with E-state index in [1.807, 2.05) is 20.8 Å². The molecule has 0 heterocycles. The number of hydrogen-bond acceptors (Lipinski definition) is 9. The van der Waals surface area contributed by atoms with Crippen LogP contribution in [-0.2, 0) is 29.7 Å². The summed E-state index contributed by atoms with van der Waals surface area (Å²) < 4.78 is 46.6. The van der Waals surface area contributed by atoms with Crippen LogP contribution >= 0.6 is 0 Å². The molecule has 0 N–H and O–H groups in total. The molecule has 0 aromatic carbocycles. The van der Waals surface area contributed by atoms with Gasteiger partial charge < -0.3 is 29.7 Å². The van der Waals surface area contributed by atoms with E-state index in [-0.39, 0.29) is 5.16 Å². The van der Waals surface area contributed by atoms with Crippen molar-refractivity contribution in [1.82, 2.24) is 9.80 Å². The van der Waals surface area contributed by atoms with E-state index in [0.29, 0.717) is 25.6 Å². The highest BCUT2D eigenvalue weighted by molar-refractivity contribution is 6.94. The third-order valence-electron chi connectivity index (χ3n) is 7.99. The maximum absolute atomic E-state index is 7.02. The van der Waals surface area contributed by atoms with E-state index in [1.165, 1.54) is 6.04 Å². The quantitative estimate of drug-likeness (QED) is 0.0654. The van der Waals surface area contributed by atoms with Crippen molar-refractivity contribution >= 4 is 60.6 Å². The summed E-state index contributed by atoms with van der Waals surface area (Å²) in [7, 11) is -14.0. The fourth-order valence-corrected chi connectivity index (χ4v) is 40.3. The molecule has 270 valence electrons. The first-order valence-electron chi connectivity index (χ1n) is 17.5. The zero-order valence-corrected chi connectivity index (χ0v) is 39.8. The lowest BCUT2D eigenvalue weighted by molar-refractivity contribution is 0.0674. The molecule has 9 nitrogen and oxygen atoms in total. The van der Waals surface area contributed by atoms with Crippen molar-refractivity contribution in [2.24, 2.45) is 0 Å². The lowest BCUT2D eigenvalue weighted by Crippen LogP contribution is -2.63. The first kappa shape index (κ1) is 46.2. The molecule has 1 atom stereocenters. The molecule has 2 radical (unpaired) electrons. The van der Waals surface area contributed by atoms with E-state index in [1.54, 1.807) is 0 Å².